The van der Waals surface area contributed by atoms with Crippen LogP contribution in [-0.4, -0.2) is 11.1 Å². The van der Waals surface area contributed by atoms with E-state index in [9.17, 15) is 23.1 Å². The number of carboxylic acids is 1. The molecule has 3 rings (SSSR count). The second-order valence-corrected chi connectivity index (χ2v) is 6.89. The fraction of sp³-hybridized carbons (Fsp3) is 0.136. The lowest BCUT2D eigenvalue weighted by Gasteiger charge is -2.12. The fourth-order valence-corrected chi connectivity index (χ4v) is 3.15. The first-order valence-corrected chi connectivity index (χ1v) is 9.16. The predicted octanol–water partition coefficient (Wildman–Crippen LogP) is 6.59. The summed E-state index contributed by atoms with van der Waals surface area (Å²) in [6.07, 6.45) is -3.48. The van der Waals surface area contributed by atoms with E-state index in [4.69, 9.17) is 11.6 Å². The van der Waals surface area contributed by atoms with Gasteiger partial charge in [0.25, 0.3) is 0 Å². The van der Waals surface area contributed by atoms with E-state index < -0.39 is 17.7 Å². The monoisotopic (exact) mass is 419 g/mol. The maximum atomic E-state index is 13.0. The van der Waals surface area contributed by atoms with E-state index in [-0.39, 0.29) is 10.6 Å². The molecule has 2 N–H and O–H groups in total. The first-order valence-electron chi connectivity index (χ1n) is 8.78. The van der Waals surface area contributed by atoms with Gasteiger partial charge in [0.2, 0.25) is 0 Å². The molecule has 0 aromatic heterocycles. The van der Waals surface area contributed by atoms with Crippen LogP contribution in [0.4, 0.5) is 24.5 Å². The highest BCUT2D eigenvalue weighted by Crippen LogP contribution is 2.35. The van der Waals surface area contributed by atoms with Gasteiger partial charge in [0.15, 0.2) is 0 Å². The number of rotatable bonds is 6. The minimum Gasteiger partial charge on any atom is -0.478 e. The van der Waals surface area contributed by atoms with Gasteiger partial charge in [0, 0.05) is 5.69 Å². The van der Waals surface area contributed by atoms with Gasteiger partial charge in [-0.3, -0.25) is 0 Å². The summed E-state index contributed by atoms with van der Waals surface area (Å²) in [7, 11) is 0. The Morgan fingerprint density at radius 2 is 1.55 bits per heavy atom. The number of carboxylic acid groups (broad SMARTS) is 1. The maximum Gasteiger partial charge on any atom is 0.417 e. The van der Waals surface area contributed by atoms with Gasteiger partial charge in [-0.25, -0.2) is 4.79 Å². The number of hydrogen-bond acceptors (Lipinski definition) is 2. The third-order valence-corrected chi connectivity index (χ3v) is 4.76. The van der Waals surface area contributed by atoms with Crippen LogP contribution in [0.25, 0.3) is 0 Å². The van der Waals surface area contributed by atoms with Gasteiger partial charge in [0.05, 0.1) is 21.8 Å². The minimum absolute atomic E-state index is 0.166. The minimum atomic E-state index is -4.48. The third-order valence-electron chi connectivity index (χ3n) is 4.43. The highest BCUT2D eigenvalue weighted by atomic mass is 35.5. The van der Waals surface area contributed by atoms with E-state index in [0.717, 1.165) is 11.6 Å². The van der Waals surface area contributed by atoms with Crippen molar-refractivity contribution in [2.75, 3.05) is 5.32 Å². The molecule has 0 heterocycles. The molecule has 0 saturated carbocycles. The van der Waals surface area contributed by atoms with Crippen LogP contribution in [0.5, 0.6) is 0 Å². The normalized spacial score (nSPS) is 11.3. The van der Waals surface area contributed by atoms with E-state index in [1.165, 1.54) is 12.1 Å². The van der Waals surface area contributed by atoms with E-state index >= 15 is 0 Å². The van der Waals surface area contributed by atoms with Gasteiger partial charge in [-0.15, -0.1) is 0 Å². The Morgan fingerprint density at radius 1 is 0.931 bits per heavy atom. The number of para-hydroxylation sites is 1. The summed E-state index contributed by atoms with van der Waals surface area (Å²) in [6, 6.07) is 17.8. The molecule has 0 aliphatic rings. The van der Waals surface area contributed by atoms with Gasteiger partial charge >= 0.3 is 12.1 Å². The number of aromatic carboxylic acids is 1. The fourth-order valence-electron chi connectivity index (χ4n) is 2.92. The zero-order valence-electron chi connectivity index (χ0n) is 15.1. The molecule has 0 unspecified atom stereocenters. The number of alkyl halides is 3. The lowest BCUT2D eigenvalue weighted by atomic mass is 10.0. The van der Waals surface area contributed by atoms with Gasteiger partial charge < -0.3 is 10.4 Å². The second-order valence-electron chi connectivity index (χ2n) is 6.48. The Hall–Kier alpha value is -2.99. The molecular formula is C22H17ClF3NO2. The van der Waals surface area contributed by atoms with Crippen LogP contribution in [0.2, 0.25) is 5.02 Å². The summed E-state index contributed by atoms with van der Waals surface area (Å²) in [5.41, 5.74) is 2.04. The molecule has 0 atom stereocenters. The largest absolute Gasteiger partial charge is 0.478 e. The molecule has 0 amide bonds. The average Bonchev–Trinajstić information content (AvgIpc) is 2.68. The highest BCUT2D eigenvalue weighted by Gasteiger charge is 2.33. The van der Waals surface area contributed by atoms with Crippen molar-refractivity contribution >= 4 is 28.9 Å². The number of aryl methyl sites for hydroxylation is 2. The standard InChI is InChI=1S/C22H17ClF3NO2/c23-19-12-9-15(13-18(19)22(24,25)26)6-5-14-7-10-16(11-8-14)27-20-4-2-1-3-17(20)21(28)29/h1-4,7-13,27H,5-6H2,(H,28,29). The first kappa shape index (κ1) is 20.7. The molecule has 0 radical (unpaired) electrons. The van der Waals surface area contributed by atoms with Gasteiger partial charge in [-0.05, 0) is 60.4 Å². The molecule has 0 bridgehead atoms. The molecule has 150 valence electrons. The maximum absolute atomic E-state index is 13.0. The van der Waals surface area contributed by atoms with Crippen LogP contribution >= 0.6 is 11.6 Å². The van der Waals surface area contributed by atoms with Crippen molar-refractivity contribution in [3.8, 4) is 0 Å². The number of benzene rings is 3. The molecule has 0 saturated heterocycles. The Morgan fingerprint density at radius 3 is 2.21 bits per heavy atom. The summed E-state index contributed by atoms with van der Waals surface area (Å²) >= 11 is 5.65. The molecular weight excluding hydrogens is 403 g/mol. The van der Waals surface area contributed by atoms with Gasteiger partial charge in [-0.2, -0.15) is 13.2 Å². The zero-order chi connectivity index (χ0) is 21.0. The van der Waals surface area contributed by atoms with Crippen LogP contribution < -0.4 is 5.32 Å². The van der Waals surface area contributed by atoms with Crippen LogP contribution in [0, 0.1) is 0 Å². The van der Waals surface area contributed by atoms with Crippen LogP contribution in [0.15, 0.2) is 66.7 Å². The highest BCUT2D eigenvalue weighted by molar-refractivity contribution is 6.31. The van der Waals surface area contributed by atoms with Crippen molar-refractivity contribution < 1.29 is 23.1 Å². The summed E-state index contributed by atoms with van der Waals surface area (Å²) in [5, 5.41) is 12.0. The Balaban J connectivity index is 1.67. The van der Waals surface area contributed by atoms with Gasteiger partial charge in [-0.1, -0.05) is 41.9 Å². The SMILES string of the molecule is O=C(O)c1ccccc1Nc1ccc(CCc2ccc(Cl)c(C(F)(F)F)c2)cc1. The number of halogens is 4. The molecule has 0 spiro atoms. The third kappa shape index (κ3) is 5.29. The Kier molecular flexibility index (Phi) is 6.13. The number of nitrogens with one attached hydrogen (secondary N) is 1. The quantitative estimate of drug-likeness (QED) is 0.474. The molecule has 3 aromatic carbocycles. The van der Waals surface area contributed by atoms with Crippen molar-refractivity contribution in [1.29, 1.82) is 0 Å². The summed E-state index contributed by atoms with van der Waals surface area (Å²) in [4.78, 5) is 11.3. The van der Waals surface area contributed by atoms with Crippen molar-refractivity contribution in [3.63, 3.8) is 0 Å². The molecule has 0 aliphatic carbocycles. The number of hydrogen-bond donors (Lipinski definition) is 2. The first-order chi connectivity index (χ1) is 13.7. The van der Waals surface area contributed by atoms with Gasteiger partial charge in [0.1, 0.15) is 0 Å². The summed E-state index contributed by atoms with van der Waals surface area (Å²) in [5.74, 6) is -1.02. The smallest absolute Gasteiger partial charge is 0.417 e. The second kappa shape index (κ2) is 8.57. The molecule has 29 heavy (non-hydrogen) atoms. The van der Waals surface area contributed by atoms with E-state index in [2.05, 4.69) is 5.32 Å². The van der Waals surface area contributed by atoms with E-state index in [1.54, 1.807) is 36.4 Å². The van der Waals surface area contributed by atoms with Crippen molar-refractivity contribution in [2.45, 2.75) is 19.0 Å². The zero-order valence-corrected chi connectivity index (χ0v) is 15.9. The molecule has 3 nitrogen and oxygen atoms in total. The average molecular weight is 420 g/mol. The van der Waals surface area contributed by atoms with E-state index in [0.29, 0.717) is 29.8 Å². The summed E-state index contributed by atoms with van der Waals surface area (Å²) < 4.78 is 38.9. The Labute approximate surface area is 170 Å². The van der Waals surface area contributed by atoms with E-state index in [1.807, 2.05) is 12.1 Å². The lowest BCUT2D eigenvalue weighted by molar-refractivity contribution is -0.137. The number of anilines is 2. The van der Waals surface area contributed by atoms with Crippen LogP contribution in [0.3, 0.4) is 0 Å². The lowest BCUT2D eigenvalue weighted by Crippen LogP contribution is -2.07. The van der Waals surface area contributed by atoms with Crippen molar-refractivity contribution in [3.05, 3.63) is 94.0 Å². The van der Waals surface area contributed by atoms with Crippen LogP contribution in [-0.2, 0) is 19.0 Å². The molecule has 3 aromatic rings. The van der Waals surface area contributed by atoms with Crippen molar-refractivity contribution in [1.82, 2.24) is 0 Å². The summed E-state index contributed by atoms with van der Waals surface area (Å²) in [6.45, 7) is 0. The topological polar surface area (TPSA) is 49.3 Å². The van der Waals surface area contributed by atoms with Crippen LogP contribution in [0.1, 0.15) is 27.0 Å². The molecule has 0 aliphatic heterocycles. The Bertz CT molecular complexity index is 1020. The predicted molar refractivity (Wildman–Crippen MR) is 107 cm³/mol. The number of carbonyl (C=O) groups is 1. The van der Waals surface area contributed by atoms with Crippen molar-refractivity contribution in [2.24, 2.45) is 0 Å². The molecule has 7 heteroatoms. The molecule has 0 fully saturated rings.